The van der Waals surface area contributed by atoms with Crippen LogP contribution in [0.2, 0.25) is 0 Å². The predicted molar refractivity (Wildman–Crippen MR) is 104 cm³/mol. The summed E-state index contributed by atoms with van der Waals surface area (Å²) in [5.41, 5.74) is 6.69. The van der Waals surface area contributed by atoms with Gasteiger partial charge in [-0.25, -0.2) is 0 Å². The second-order valence-corrected chi connectivity index (χ2v) is 7.69. The molecule has 0 spiro atoms. The Balaban J connectivity index is 1.69. The van der Waals surface area contributed by atoms with Gasteiger partial charge in [-0.2, -0.15) is 0 Å². The summed E-state index contributed by atoms with van der Waals surface area (Å²) in [6, 6.07) is 8.44. The van der Waals surface area contributed by atoms with Crippen LogP contribution in [-0.4, -0.2) is 54.9 Å². The molecular formula is C21H31N3O3. The lowest BCUT2D eigenvalue weighted by Crippen LogP contribution is -2.48. The summed E-state index contributed by atoms with van der Waals surface area (Å²) in [5, 5.41) is 0. The van der Waals surface area contributed by atoms with Gasteiger partial charge in [-0.1, -0.05) is 25.0 Å². The van der Waals surface area contributed by atoms with Crippen molar-refractivity contribution >= 4 is 11.8 Å². The number of carbonyl (C=O) groups excluding carboxylic acids is 2. The van der Waals surface area contributed by atoms with E-state index in [9.17, 15) is 9.59 Å². The number of likely N-dealkylation sites (tertiary alicyclic amines) is 2. The number of hydrogen-bond donors (Lipinski definition) is 1. The summed E-state index contributed by atoms with van der Waals surface area (Å²) < 4.78 is 5.27. The van der Waals surface area contributed by atoms with Crippen LogP contribution in [0.5, 0.6) is 5.75 Å². The Morgan fingerprint density at radius 2 is 1.85 bits per heavy atom. The second-order valence-electron chi connectivity index (χ2n) is 7.69. The van der Waals surface area contributed by atoms with Crippen molar-refractivity contribution in [2.75, 3.05) is 33.3 Å². The monoisotopic (exact) mass is 373 g/mol. The van der Waals surface area contributed by atoms with Crippen molar-refractivity contribution in [1.82, 2.24) is 9.80 Å². The van der Waals surface area contributed by atoms with Gasteiger partial charge in [0.15, 0.2) is 0 Å². The van der Waals surface area contributed by atoms with Gasteiger partial charge in [-0.05, 0) is 49.9 Å². The highest BCUT2D eigenvalue weighted by Crippen LogP contribution is 2.31. The number of hydrogen-bond acceptors (Lipinski definition) is 4. The van der Waals surface area contributed by atoms with Crippen LogP contribution in [0, 0.1) is 5.92 Å². The van der Waals surface area contributed by atoms with E-state index in [0.717, 1.165) is 44.5 Å². The van der Waals surface area contributed by atoms with E-state index in [1.54, 1.807) is 7.11 Å². The van der Waals surface area contributed by atoms with Gasteiger partial charge in [-0.15, -0.1) is 0 Å². The van der Waals surface area contributed by atoms with Crippen LogP contribution in [0.1, 0.15) is 50.1 Å². The molecule has 0 saturated carbocycles. The summed E-state index contributed by atoms with van der Waals surface area (Å²) in [4.78, 5) is 28.6. The number of carbonyl (C=O) groups is 2. The number of primary amides is 1. The van der Waals surface area contributed by atoms with Crippen molar-refractivity contribution in [3.05, 3.63) is 29.8 Å². The lowest BCUT2D eigenvalue weighted by Gasteiger charge is -2.35. The van der Waals surface area contributed by atoms with E-state index in [4.69, 9.17) is 10.5 Å². The molecule has 2 fully saturated rings. The minimum absolute atomic E-state index is 0.112. The third kappa shape index (κ3) is 5.01. The smallest absolute Gasteiger partial charge is 0.236 e. The van der Waals surface area contributed by atoms with Gasteiger partial charge in [0.2, 0.25) is 11.8 Å². The number of rotatable bonds is 5. The van der Waals surface area contributed by atoms with Gasteiger partial charge in [0, 0.05) is 19.1 Å². The lowest BCUT2D eigenvalue weighted by atomic mass is 9.97. The second kappa shape index (κ2) is 9.22. The molecule has 0 radical (unpaired) electrons. The first-order chi connectivity index (χ1) is 13.1. The van der Waals surface area contributed by atoms with Crippen LogP contribution >= 0.6 is 0 Å². The average molecular weight is 373 g/mol. The van der Waals surface area contributed by atoms with E-state index >= 15 is 0 Å². The van der Waals surface area contributed by atoms with Crippen molar-refractivity contribution in [1.29, 1.82) is 0 Å². The zero-order valence-electron chi connectivity index (χ0n) is 16.2. The molecule has 2 N–H and O–H groups in total. The Labute approximate surface area is 161 Å². The molecule has 0 bridgehead atoms. The fourth-order valence-electron chi connectivity index (χ4n) is 4.27. The summed E-state index contributed by atoms with van der Waals surface area (Å²) in [5.74, 6) is 0.463. The largest absolute Gasteiger partial charge is 0.497 e. The molecule has 0 aromatic heterocycles. The number of methoxy groups -OCH3 is 1. The van der Waals surface area contributed by atoms with Crippen LogP contribution in [0.25, 0.3) is 0 Å². The predicted octanol–water partition coefficient (Wildman–Crippen LogP) is 2.34. The lowest BCUT2D eigenvalue weighted by molar-refractivity contribution is -0.136. The topological polar surface area (TPSA) is 75.9 Å². The summed E-state index contributed by atoms with van der Waals surface area (Å²) in [6.07, 6.45) is 6.19. The van der Waals surface area contributed by atoms with Gasteiger partial charge >= 0.3 is 0 Å². The molecule has 2 unspecified atom stereocenters. The molecule has 2 heterocycles. The molecule has 6 nitrogen and oxygen atoms in total. The number of amides is 2. The fourth-order valence-corrected chi connectivity index (χ4v) is 4.27. The molecule has 2 aliphatic heterocycles. The van der Waals surface area contributed by atoms with E-state index in [1.807, 2.05) is 17.0 Å². The Hall–Kier alpha value is -2.08. The average Bonchev–Trinajstić information content (AvgIpc) is 2.93. The number of ether oxygens (including phenoxy) is 1. The molecule has 148 valence electrons. The molecule has 27 heavy (non-hydrogen) atoms. The van der Waals surface area contributed by atoms with Gasteiger partial charge in [0.25, 0.3) is 0 Å². The molecular weight excluding hydrogens is 342 g/mol. The van der Waals surface area contributed by atoms with E-state index in [1.165, 1.54) is 18.4 Å². The molecule has 1 aromatic rings. The highest BCUT2D eigenvalue weighted by atomic mass is 16.5. The quantitative estimate of drug-likeness (QED) is 0.859. The molecule has 2 atom stereocenters. The third-order valence-electron chi connectivity index (χ3n) is 5.88. The number of piperidine rings is 1. The van der Waals surface area contributed by atoms with Gasteiger partial charge in [0.05, 0.1) is 19.6 Å². The number of nitrogens with zero attached hydrogens (tertiary/aromatic N) is 2. The highest BCUT2D eigenvalue weighted by Gasteiger charge is 2.30. The maximum atomic E-state index is 12.9. The minimum atomic E-state index is -0.293. The first-order valence-corrected chi connectivity index (χ1v) is 10.0. The van der Waals surface area contributed by atoms with E-state index in [0.29, 0.717) is 13.1 Å². The van der Waals surface area contributed by atoms with E-state index in [-0.39, 0.29) is 23.8 Å². The summed E-state index contributed by atoms with van der Waals surface area (Å²) >= 11 is 0. The van der Waals surface area contributed by atoms with Gasteiger partial charge in [0.1, 0.15) is 5.75 Å². The van der Waals surface area contributed by atoms with Gasteiger partial charge in [-0.3, -0.25) is 14.5 Å². The normalized spacial score (nSPS) is 24.3. The Morgan fingerprint density at radius 1 is 1.07 bits per heavy atom. The van der Waals surface area contributed by atoms with Crippen molar-refractivity contribution in [3.8, 4) is 5.75 Å². The van der Waals surface area contributed by atoms with Crippen molar-refractivity contribution in [2.45, 2.75) is 44.6 Å². The van der Waals surface area contributed by atoms with Crippen molar-refractivity contribution < 1.29 is 14.3 Å². The summed E-state index contributed by atoms with van der Waals surface area (Å²) in [6.45, 7) is 2.52. The Kier molecular flexibility index (Phi) is 6.72. The Bertz CT molecular complexity index is 647. The van der Waals surface area contributed by atoms with Crippen LogP contribution < -0.4 is 10.5 Å². The van der Waals surface area contributed by atoms with Gasteiger partial charge < -0.3 is 15.4 Å². The van der Waals surface area contributed by atoms with Crippen LogP contribution in [0.4, 0.5) is 0 Å². The SMILES string of the molecule is COc1ccc(C2CCCCCN2CC(=O)N2CCCC(C(N)=O)C2)cc1. The minimum Gasteiger partial charge on any atom is -0.497 e. The van der Waals surface area contributed by atoms with Crippen LogP contribution in [0.15, 0.2) is 24.3 Å². The zero-order valence-corrected chi connectivity index (χ0v) is 16.2. The number of benzene rings is 1. The fraction of sp³-hybridized carbons (Fsp3) is 0.619. The Morgan fingerprint density at radius 3 is 2.56 bits per heavy atom. The molecule has 2 amide bonds. The van der Waals surface area contributed by atoms with E-state index < -0.39 is 0 Å². The summed E-state index contributed by atoms with van der Waals surface area (Å²) in [7, 11) is 1.67. The van der Waals surface area contributed by atoms with E-state index in [2.05, 4.69) is 17.0 Å². The molecule has 6 heteroatoms. The van der Waals surface area contributed by atoms with Crippen molar-refractivity contribution in [3.63, 3.8) is 0 Å². The standard InChI is InChI=1S/C21H31N3O3/c1-27-18-10-8-16(9-11-18)19-7-3-2-4-12-23(19)15-20(25)24-13-5-6-17(14-24)21(22)26/h8-11,17,19H,2-7,12-15H2,1H3,(H2,22,26). The maximum absolute atomic E-state index is 12.9. The molecule has 1 aromatic carbocycles. The third-order valence-corrected chi connectivity index (χ3v) is 5.88. The first-order valence-electron chi connectivity index (χ1n) is 10.0. The van der Waals surface area contributed by atoms with Crippen LogP contribution in [-0.2, 0) is 9.59 Å². The highest BCUT2D eigenvalue weighted by molar-refractivity contribution is 5.81. The zero-order chi connectivity index (χ0) is 19.2. The molecule has 0 aliphatic carbocycles. The molecule has 3 rings (SSSR count). The van der Waals surface area contributed by atoms with Crippen molar-refractivity contribution in [2.24, 2.45) is 11.7 Å². The number of nitrogens with two attached hydrogens (primary N) is 1. The van der Waals surface area contributed by atoms with Crippen LogP contribution in [0.3, 0.4) is 0 Å². The maximum Gasteiger partial charge on any atom is 0.236 e. The molecule has 2 aliphatic rings. The molecule has 2 saturated heterocycles. The first kappa shape index (κ1) is 19.7.